The van der Waals surface area contributed by atoms with E-state index in [-0.39, 0.29) is 11.8 Å². The number of methoxy groups -OCH3 is 1. The summed E-state index contributed by atoms with van der Waals surface area (Å²) in [6.45, 7) is 3.99. The second kappa shape index (κ2) is 10.7. The number of hydrogen-bond donors (Lipinski definition) is 0. The van der Waals surface area contributed by atoms with Gasteiger partial charge in [0.1, 0.15) is 11.5 Å². The zero-order chi connectivity index (χ0) is 21.3. The molecule has 1 saturated heterocycles. The van der Waals surface area contributed by atoms with Crippen molar-refractivity contribution in [3.05, 3.63) is 60.2 Å². The number of ether oxygens (including phenoxy) is 2. The fourth-order valence-corrected chi connectivity index (χ4v) is 3.59. The molecule has 0 aromatic heterocycles. The summed E-state index contributed by atoms with van der Waals surface area (Å²) >= 11 is 0. The molecule has 1 atom stereocenters. The van der Waals surface area contributed by atoms with E-state index in [0.29, 0.717) is 38.3 Å². The molecule has 0 aliphatic carbocycles. The van der Waals surface area contributed by atoms with Crippen LogP contribution in [0, 0.1) is 0 Å². The van der Waals surface area contributed by atoms with Crippen molar-refractivity contribution in [1.29, 1.82) is 0 Å². The molecule has 30 heavy (non-hydrogen) atoms. The Bertz CT molecular complexity index is 815. The standard InChI is InChI=1S/C24H30N2O4/c1-19(30-22-13-11-21(29-2)12-14-22)24(28)26-17-15-25(16-18-26)23(27)10-6-9-20-7-4-3-5-8-20/h3-5,7-8,11-14,19H,6,9-10,15-18H2,1-2H3. The van der Waals surface area contributed by atoms with Gasteiger partial charge in [-0.3, -0.25) is 9.59 Å². The summed E-state index contributed by atoms with van der Waals surface area (Å²) < 4.78 is 10.9. The molecule has 2 aromatic carbocycles. The van der Waals surface area contributed by atoms with Gasteiger partial charge in [-0.25, -0.2) is 0 Å². The zero-order valence-electron chi connectivity index (χ0n) is 17.8. The molecule has 0 radical (unpaired) electrons. The third kappa shape index (κ3) is 5.99. The summed E-state index contributed by atoms with van der Waals surface area (Å²) in [5.74, 6) is 1.48. The minimum atomic E-state index is -0.577. The first-order valence-electron chi connectivity index (χ1n) is 10.5. The van der Waals surface area contributed by atoms with Gasteiger partial charge in [0.15, 0.2) is 6.10 Å². The van der Waals surface area contributed by atoms with Crippen molar-refractivity contribution in [3.63, 3.8) is 0 Å². The van der Waals surface area contributed by atoms with Crippen molar-refractivity contribution < 1.29 is 19.1 Å². The van der Waals surface area contributed by atoms with Crippen LogP contribution in [0.25, 0.3) is 0 Å². The van der Waals surface area contributed by atoms with E-state index in [1.54, 1.807) is 43.2 Å². The second-order valence-corrected chi connectivity index (χ2v) is 7.48. The predicted octanol–water partition coefficient (Wildman–Crippen LogP) is 3.16. The summed E-state index contributed by atoms with van der Waals surface area (Å²) in [5, 5.41) is 0. The Morgan fingerprint density at radius 1 is 0.900 bits per heavy atom. The highest BCUT2D eigenvalue weighted by atomic mass is 16.5. The van der Waals surface area contributed by atoms with Crippen molar-refractivity contribution in [2.24, 2.45) is 0 Å². The molecule has 1 heterocycles. The van der Waals surface area contributed by atoms with Gasteiger partial charge in [-0.1, -0.05) is 30.3 Å². The van der Waals surface area contributed by atoms with Crippen LogP contribution in [0.5, 0.6) is 11.5 Å². The van der Waals surface area contributed by atoms with E-state index < -0.39 is 6.10 Å². The van der Waals surface area contributed by atoms with E-state index in [1.807, 2.05) is 23.1 Å². The SMILES string of the molecule is COc1ccc(OC(C)C(=O)N2CCN(C(=O)CCCc3ccccc3)CC2)cc1. The lowest BCUT2D eigenvalue weighted by atomic mass is 10.1. The van der Waals surface area contributed by atoms with E-state index >= 15 is 0 Å². The Hall–Kier alpha value is -3.02. The largest absolute Gasteiger partial charge is 0.497 e. The Kier molecular flexibility index (Phi) is 7.71. The summed E-state index contributed by atoms with van der Waals surface area (Å²) in [4.78, 5) is 28.8. The van der Waals surface area contributed by atoms with E-state index in [9.17, 15) is 9.59 Å². The molecular weight excluding hydrogens is 380 g/mol. The van der Waals surface area contributed by atoms with Crippen molar-refractivity contribution >= 4 is 11.8 Å². The number of benzene rings is 2. The van der Waals surface area contributed by atoms with Crippen LogP contribution in [0.3, 0.4) is 0 Å². The quantitative estimate of drug-likeness (QED) is 0.671. The molecule has 1 aliphatic heterocycles. The number of aryl methyl sites for hydroxylation is 1. The summed E-state index contributed by atoms with van der Waals surface area (Å²) in [7, 11) is 1.61. The third-order valence-corrected chi connectivity index (χ3v) is 5.36. The lowest BCUT2D eigenvalue weighted by Crippen LogP contribution is -2.53. The van der Waals surface area contributed by atoms with Crippen LogP contribution in [0.2, 0.25) is 0 Å². The van der Waals surface area contributed by atoms with Crippen molar-refractivity contribution in [3.8, 4) is 11.5 Å². The molecule has 6 heteroatoms. The minimum Gasteiger partial charge on any atom is -0.497 e. The van der Waals surface area contributed by atoms with Crippen LogP contribution in [-0.2, 0) is 16.0 Å². The average Bonchev–Trinajstić information content (AvgIpc) is 2.79. The molecule has 0 saturated carbocycles. The maximum absolute atomic E-state index is 12.7. The van der Waals surface area contributed by atoms with Gasteiger partial charge in [0.25, 0.3) is 5.91 Å². The average molecular weight is 411 g/mol. The molecule has 0 N–H and O–H groups in total. The highest BCUT2D eigenvalue weighted by molar-refractivity contribution is 5.81. The molecule has 3 rings (SSSR count). The predicted molar refractivity (Wildman–Crippen MR) is 116 cm³/mol. The fraction of sp³-hybridized carbons (Fsp3) is 0.417. The molecule has 2 amide bonds. The van der Waals surface area contributed by atoms with Gasteiger partial charge in [-0.2, -0.15) is 0 Å². The highest BCUT2D eigenvalue weighted by Crippen LogP contribution is 2.19. The van der Waals surface area contributed by atoms with Gasteiger partial charge in [0, 0.05) is 32.6 Å². The Morgan fingerprint density at radius 3 is 2.13 bits per heavy atom. The van der Waals surface area contributed by atoms with Crippen LogP contribution >= 0.6 is 0 Å². The summed E-state index contributed by atoms with van der Waals surface area (Å²) in [5.41, 5.74) is 1.26. The van der Waals surface area contributed by atoms with Gasteiger partial charge >= 0.3 is 0 Å². The van der Waals surface area contributed by atoms with Crippen LogP contribution in [0.4, 0.5) is 0 Å². The molecule has 1 unspecified atom stereocenters. The van der Waals surface area contributed by atoms with E-state index in [0.717, 1.165) is 18.6 Å². The van der Waals surface area contributed by atoms with Crippen LogP contribution < -0.4 is 9.47 Å². The van der Waals surface area contributed by atoms with Crippen molar-refractivity contribution in [1.82, 2.24) is 9.80 Å². The van der Waals surface area contributed by atoms with Gasteiger partial charge in [0.05, 0.1) is 7.11 Å². The maximum atomic E-state index is 12.7. The molecule has 0 spiro atoms. The first kappa shape index (κ1) is 21.7. The lowest BCUT2D eigenvalue weighted by Gasteiger charge is -2.36. The molecular formula is C24H30N2O4. The summed E-state index contributed by atoms with van der Waals surface area (Å²) in [6, 6.07) is 17.4. The fourth-order valence-electron chi connectivity index (χ4n) is 3.59. The Morgan fingerprint density at radius 2 is 1.50 bits per heavy atom. The number of carbonyl (C=O) groups is 2. The second-order valence-electron chi connectivity index (χ2n) is 7.48. The normalized spacial score (nSPS) is 14.9. The molecule has 1 aliphatic rings. The first-order valence-corrected chi connectivity index (χ1v) is 10.5. The number of hydrogen-bond acceptors (Lipinski definition) is 4. The maximum Gasteiger partial charge on any atom is 0.263 e. The third-order valence-electron chi connectivity index (χ3n) is 5.36. The van der Waals surface area contributed by atoms with Crippen LogP contribution in [-0.4, -0.2) is 61.0 Å². The smallest absolute Gasteiger partial charge is 0.263 e. The van der Waals surface area contributed by atoms with Gasteiger partial charge < -0.3 is 19.3 Å². The first-order chi connectivity index (χ1) is 14.6. The molecule has 0 bridgehead atoms. The van der Waals surface area contributed by atoms with E-state index in [1.165, 1.54) is 5.56 Å². The molecule has 2 aromatic rings. The number of carbonyl (C=O) groups excluding carboxylic acids is 2. The number of rotatable bonds is 8. The van der Waals surface area contributed by atoms with E-state index in [4.69, 9.17) is 9.47 Å². The summed E-state index contributed by atoms with van der Waals surface area (Å²) in [6.07, 6.45) is 1.71. The number of amides is 2. The number of piperazine rings is 1. The molecule has 160 valence electrons. The Labute approximate surface area is 178 Å². The minimum absolute atomic E-state index is 0.0537. The van der Waals surface area contributed by atoms with Gasteiger partial charge in [-0.05, 0) is 49.6 Å². The number of nitrogens with zero attached hydrogens (tertiary/aromatic N) is 2. The molecule has 1 fully saturated rings. The highest BCUT2D eigenvalue weighted by Gasteiger charge is 2.27. The lowest BCUT2D eigenvalue weighted by molar-refractivity contribution is -0.143. The monoisotopic (exact) mass is 410 g/mol. The van der Waals surface area contributed by atoms with Crippen LogP contribution in [0.1, 0.15) is 25.3 Å². The van der Waals surface area contributed by atoms with E-state index in [2.05, 4.69) is 12.1 Å². The Balaban J connectivity index is 1.40. The van der Waals surface area contributed by atoms with Crippen molar-refractivity contribution in [2.75, 3.05) is 33.3 Å². The van der Waals surface area contributed by atoms with Gasteiger partial charge in [0.2, 0.25) is 5.91 Å². The molecule has 6 nitrogen and oxygen atoms in total. The zero-order valence-corrected chi connectivity index (χ0v) is 17.8. The van der Waals surface area contributed by atoms with Gasteiger partial charge in [-0.15, -0.1) is 0 Å². The van der Waals surface area contributed by atoms with Crippen LogP contribution in [0.15, 0.2) is 54.6 Å². The topological polar surface area (TPSA) is 59.1 Å². The van der Waals surface area contributed by atoms with Crippen molar-refractivity contribution in [2.45, 2.75) is 32.3 Å².